The zero-order valence-electron chi connectivity index (χ0n) is 7.81. The van der Waals surface area contributed by atoms with Crippen LogP contribution in [0.15, 0.2) is 36.9 Å². The van der Waals surface area contributed by atoms with Crippen LogP contribution in [-0.4, -0.2) is 22.0 Å². The molecule has 1 N–H and O–H groups in total. The van der Waals surface area contributed by atoms with E-state index in [-0.39, 0.29) is 0 Å². The van der Waals surface area contributed by atoms with Crippen molar-refractivity contribution in [3.05, 3.63) is 36.9 Å². The third-order valence-electron chi connectivity index (χ3n) is 1.89. The third-order valence-corrected chi connectivity index (χ3v) is 1.89. The van der Waals surface area contributed by atoms with E-state index in [0.717, 1.165) is 11.1 Å². The molecule has 0 radical (unpaired) electrons. The van der Waals surface area contributed by atoms with Gasteiger partial charge in [0.25, 0.3) is 0 Å². The maximum absolute atomic E-state index is 4.13. The molecule has 0 unspecified atom stereocenters. The molecule has 0 spiro atoms. The molecule has 70 valence electrons. The van der Waals surface area contributed by atoms with Gasteiger partial charge in [0.15, 0.2) is 0 Å². The summed E-state index contributed by atoms with van der Waals surface area (Å²) in [4.78, 5) is 12.2. The fourth-order valence-electron chi connectivity index (χ4n) is 1.15. The summed E-state index contributed by atoms with van der Waals surface area (Å²) < 4.78 is 0. The lowest BCUT2D eigenvalue weighted by molar-refractivity contribution is 1.15. The summed E-state index contributed by atoms with van der Waals surface area (Å²) in [5, 5.41) is 2.87. The first-order valence-corrected chi connectivity index (χ1v) is 4.30. The van der Waals surface area contributed by atoms with Gasteiger partial charge < -0.3 is 5.32 Å². The Morgan fingerprint density at radius 2 is 1.64 bits per heavy atom. The van der Waals surface area contributed by atoms with Gasteiger partial charge in [0.1, 0.15) is 0 Å². The van der Waals surface area contributed by atoms with E-state index in [2.05, 4.69) is 20.3 Å². The lowest BCUT2D eigenvalue weighted by atomic mass is 10.1. The van der Waals surface area contributed by atoms with Crippen LogP contribution in [-0.2, 0) is 0 Å². The Morgan fingerprint density at radius 3 is 2.21 bits per heavy atom. The second-order valence-corrected chi connectivity index (χ2v) is 2.78. The fourth-order valence-corrected chi connectivity index (χ4v) is 1.15. The van der Waals surface area contributed by atoms with E-state index in [0.29, 0.717) is 5.95 Å². The first-order valence-electron chi connectivity index (χ1n) is 4.30. The number of nitrogens with zero attached hydrogens (tertiary/aromatic N) is 3. The Kier molecular flexibility index (Phi) is 2.36. The van der Waals surface area contributed by atoms with E-state index < -0.39 is 0 Å². The van der Waals surface area contributed by atoms with Crippen molar-refractivity contribution in [2.24, 2.45) is 0 Å². The molecule has 14 heavy (non-hydrogen) atoms. The molecular weight excluding hydrogens is 176 g/mol. The molecule has 0 bridgehead atoms. The molecule has 0 saturated carbocycles. The predicted octanol–water partition coefficient (Wildman–Crippen LogP) is 1.58. The number of aromatic nitrogens is 3. The van der Waals surface area contributed by atoms with Gasteiger partial charge in [-0.2, -0.15) is 0 Å². The monoisotopic (exact) mass is 186 g/mol. The Balaban J connectivity index is 2.34. The Bertz CT molecular complexity index is 396. The minimum atomic E-state index is 0.628. The lowest BCUT2D eigenvalue weighted by Gasteiger charge is -2.01. The highest BCUT2D eigenvalue weighted by Gasteiger charge is 1.97. The highest BCUT2D eigenvalue weighted by atomic mass is 15.1. The number of hydrogen-bond donors (Lipinski definition) is 1. The highest BCUT2D eigenvalue weighted by Crippen LogP contribution is 2.15. The van der Waals surface area contributed by atoms with Crippen molar-refractivity contribution in [2.45, 2.75) is 0 Å². The predicted molar refractivity (Wildman–Crippen MR) is 54.8 cm³/mol. The average molecular weight is 186 g/mol. The molecule has 0 amide bonds. The van der Waals surface area contributed by atoms with Gasteiger partial charge in [-0.15, -0.1) is 0 Å². The van der Waals surface area contributed by atoms with Crippen LogP contribution in [0.3, 0.4) is 0 Å². The topological polar surface area (TPSA) is 50.7 Å². The first-order chi connectivity index (χ1) is 6.90. The maximum atomic E-state index is 4.13. The Hall–Kier alpha value is -1.97. The molecule has 4 nitrogen and oxygen atoms in total. The summed E-state index contributed by atoms with van der Waals surface area (Å²) >= 11 is 0. The Labute approximate surface area is 82.1 Å². The SMILES string of the molecule is CNc1ncc(-c2ccncc2)cn1. The summed E-state index contributed by atoms with van der Waals surface area (Å²) in [6.45, 7) is 0. The van der Waals surface area contributed by atoms with Crippen LogP contribution in [0.2, 0.25) is 0 Å². The molecule has 0 aromatic carbocycles. The second kappa shape index (κ2) is 3.83. The summed E-state index contributed by atoms with van der Waals surface area (Å²) in [5.74, 6) is 0.628. The summed E-state index contributed by atoms with van der Waals surface area (Å²) in [6.07, 6.45) is 7.07. The van der Waals surface area contributed by atoms with Gasteiger partial charge in [0.2, 0.25) is 5.95 Å². The number of anilines is 1. The van der Waals surface area contributed by atoms with Crippen molar-refractivity contribution in [3.63, 3.8) is 0 Å². The molecule has 0 aliphatic carbocycles. The molecule has 0 aliphatic rings. The van der Waals surface area contributed by atoms with E-state index in [1.54, 1.807) is 31.8 Å². The van der Waals surface area contributed by atoms with Gasteiger partial charge in [-0.05, 0) is 17.7 Å². The van der Waals surface area contributed by atoms with Gasteiger partial charge in [-0.1, -0.05) is 0 Å². The third kappa shape index (κ3) is 1.69. The minimum absolute atomic E-state index is 0.628. The molecule has 2 heterocycles. The molecular formula is C10H10N4. The average Bonchev–Trinajstić information content (AvgIpc) is 2.30. The van der Waals surface area contributed by atoms with E-state index in [4.69, 9.17) is 0 Å². The normalized spacial score (nSPS) is 9.79. The molecule has 0 atom stereocenters. The van der Waals surface area contributed by atoms with Crippen molar-refractivity contribution in [3.8, 4) is 11.1 Å². The maximum Gasteiger partial charge on any atom is 0.222 e. The second-order valence-electron chi connectivity index (χ2n) is 2.78. The molecule has 0 fully saturated rings. The highest BCUT2D eigenvalue weighted by molar-refractivity contribution is 5.60. The zero-order chi connectivity index (χ0) is 9.80. The summed E-state index contributed by atoms with van der Waals surface area (Å²) in [6, 6.07) is 3.86. The Morgan fingerprint density at radius 1 is 1.00 bits per heavy atom. The van der Waals surface area contributed by atoms with Crippen LogP contribution in [0.5, 0.6) is 0 Å². The van der Waals surface area contributed by atoms with Crippen molar-refractivity contribution in [1.29, 1.82) is 0 Å². The van der Waals surface area contributed by atoms with Crippen LogP contribution in [0.1, 0.15) is 0 Å². The van der Waals surface area contributed by atoms with Crippen molar-refractivity contribution in [1.82, 2.24) is 15.0 Å². The van der Waals surface area contributed by atoms with Gasteiger partial charge in [0, 0.05) is 37.4 Å². The van der Waals surface area contributed by atoms with E-state index in [1.165, 1.54) is 0 Å². The standard InChI is InChI=1S/C10H10N4/c1-11-10-13-6-9(7-14-10)8-2-4-12-5-3-8/h2-7H,1H3,(H,11,13,14). The summed E-state index contributed by atoms with van der Waals surface area (Å²) in [7, 11) is 1.79. The molecule has 0 saturated heterocycles. The zero-order valence-corrected chi connectivity index (χ0v) is 7.81. The molecule has 2 aromatic heterocycles. The van der Waals surface area contributed by atoms with Crippen LogP contribution in [0.25, 0.3) is 11.1 Å². The fraction of sp³-hybridized carbons (Fsp3) is 0.100. The number of pyridine rings is 1. The molecule has 0 aliphatic heterocycles. The quantitative estimate of drug-likeness (QED) is 0.773. The van der Waals surface area contributed by atoms with Crippen molar-refractivity contribution in [2.75, 3.05) is 12.4 Å². The van der Waals surface area contributed by atoms with Gasteiger partial charge in [0.05, 0.1) is 0 Å². The van der Waals surface area contributed by atoms with Crippen molar-refractivity contribution < 1.29 is 0 Å². The van der Waals surface area contributed by atoms with E-state index in [9.17, 15) is 0 Å². The lowest BCUT2D eigenvalue weighted by Crippen LogP contribution is -1.95. The first kappa shape index (κ1) is 8.62. The van der Waals surface area contributed by atoms with Gasteiger partial charge >= 0.3 is 0 Å². The molecule has 2 aromatic rings. The van der Waals surface area contributed by atoms with Gasteiger partial charge in [-0.25, -0.2) is 9.97 Å². The molecule has 4 heteroatoms. The van der Waals surface area contributed by atoms with E-state index >= 15 is 0 Å². The van der Waals surface area contributed by atoms with Crippen molar-refractivity contribution >= 4 is 5.95 Å². The van der Waals surface area contributed by atoms with Crippen LogP contribution < -0.4 is 5.32 Å². The van der Waals surface area contributed by atoms with Crippen LogP contribution in [0.4, 0.5) is 5.95 Å². The summed E-state index contributed by atoms with van der Waals surface area (Å²) in [5.41, 5.74) is 2.06. The number of rotatable bonds is 2. The van der Waals surface area contributed by atoms with E-state index in [1.807, 2.05) is 12.1 Å². The number of hydrogen-bond acceptors (Lipinski definition) is 4. The minimum Gasteiger partial charge on any atom is -0.357 e. The van der Waals surface area contributed by atoms with Gasteiger partial charge in [-0.3, -0.25) is 4.98 Å². The molecule has 2 rings (SSSR count). The number of nitrogens with one attached hydrogen (secondary N) is 1. The smallest absolute Gasteiger partial charge is 0.222 e. The largest absolute Gasteiger partial charge is 0.357 e. The van der Waals surface area contributed by atoms with Crippen LogP contribution >= 0.6 is 0 Å². The van der Waals surface area contributed by atoms with Crippen LogP contribution in [0, 0.1) is 0 Å².